The van der Waals surface area contributed by atoms with Crippen LogP contribution in [-0.2, 0) is 0 Å². The number of hydrogen-bond donors (Lipinski definition) is 0. The number of aromatic nitrogens is 2. The average molecular weight is 234 g/mol. The maximum Gasteiger partial charge on any atom is 0.225 e. The van der Waals surface area contributed by atoms with Gasteiger partial charge >= 0.3 is 0 Å². The standard InChI is InChI=1S/C13H22N4/c1-10(2)16-7-8-17(12(4)9-16)13-14-6-5-11(3)15-13/h5-6,10,12H,7-9H2,1-4H3/t12-/m1/s1. The van der Waals surface area contributed by atoms with Crippen LogP contribution in [0.15, 0.2) is 12.3 Å². The molecular formula is C13H22N4. The van der Waals surface area contributed by atoms with E-state index in [0.29, 0.717) is 12.1 Å². The molecule has 0 unspecified atom stereocenters. The minimum Gasteiger partial charge on any atom is -0.336 e. The Balaban J connectivity index is 2.09. The lowest BCUT2D eigenvalue weighted by Gasteiger charge is -2.41. The SMILES string of the molecule is Cc1ccnc(N2CCN(C(C)C)C[C@H]2C)n1. The van der Waals surface area contributed by atoms with E-state index in [1.807, 2.05) is 19.2 Å². The first-order valence-corrected chi connectivity index (χ1v) is 6.38. The van der Waals surface area contributed by atoms with Gasteiger partial charge in [-0.25, -0.2) is 9.97 Å². The minimum atomic E-state index is 0.480. The Morgan fingerprint density at radius 3 is 2.71 bits per heavy atom. The third-order valence-corrected chi connectivity index (χ3v) is 3.43. The van der Waals surface area contributed by atoms with E-state index in [9.17, 15) is 0 Å². The molecule has 0 aliphatic carbocycles. The second-order valence-corrected chi connectivity index (χ2v) is 5.13. The first kappa shape index (κ1) is 12.3. The normalized spacial score (nSPS) is 22.2. The summed E-state index contributed by atoms with van der Waals surface area (Å²) in [5.41, 5.74) is 1.04. The predicted octanol–water partition coefficient (Wildman–Crippen LogP) is 1.70. The first-order chi connectivity index (χ1) is 8.08. The molecule has 0 radical (unpaired) electrons. The Kier molecular flexibility index (Phi) is 3.62. The van der Waals surface area contributed by atoms with E-state index in [1.165, 1.54) is 0 Å². The van der Waals surface area contributed by atoms with E-state index in [1.54, 1.807) is 0 Å². The third-order valence-electron chi connectivity index (χ3n) is 3.43. The van der Waals surface area contributed by atoms with Crippen molar-refractivity contribution < 1.29 is 0 Å². The molecule has 4 nitrogen and oxygen atoms in total. The molecule has 2 rings (SSSR count). The molecule has 1 fully saturated rings. The Hall–Kier alpha value is -1.16. The van der Waals surface area contributed by atoms with E-state index < -0.39 is 0 Å². The molecule has 17 heavy (non-hydrogen) atoms. The van der Waals surface area contributed by atoms with Crippen molar-refractivity contribution in [3.63, 3.8) is 0 Å². The Bertz CT molecular complexity index is 377. The maximum absolute atomic E-state index is 4.51. The highest BCUT2D eigenvalue weighted by Gasteiger charge is 2.26. The zero-order valence-electron chi connectivity index (χ0n) is 11.2. The van der Waals surface area contributed by atoms with Gasteiger partial charge in [-0.1, -0.05) is 0 Å². The summed E-state index contributed by atoms with van der Waals surface area (Å²) in [5, 5.41) is 0. The van der Waals surface area contributed by atoms with Crippen molar-refractivity contribution in [1.29, 1.82) is 0 Å². The van der Waals surface area contributed by atoms with Crippen molar-refractivity contribution in [2.24, 2.45) is 0 Å². The minimum absolute atomic E-state index is 0.480. The van der Waals surface area contributed by atoms with Crippen molar-refractivity contribution in [2.45, 2.75) is 39.8 Å². The lowest BCUT2D eigenvalue weighted by Crippen LogP contribution is -2.54. The summed E-state index contributed by atoms with van der Waals surface area (Å²) in [6.45, 7) is 12.0. The molecule has 1 aliphatic rings. The first-order valence-electron chi connectivity index (χ1n) is 6.38. The van der Waals surface area contributed by atoms with Crippen LogP contribution in [0.25, 0.3) is 0 Å². The molecular weight excluding hydrogens is 212 g/mol. The molecule has 94 valence electrons. The molecule has 4 heteroatoms. The summed E-state index contributed by atoms with van der Waals surface area (Å²) >= 11 is 0. The summed E-state index contributed by atoms with van der Waals surface area (Å²) in [5.74, 6) is 0.876. The Labute approximate surface area is 104 Å². The van der Waals surface area contributed by atoms with Crippen LogP contribution in [0.3, 0.4) is 0 Å². The molecule has 0 spiro atoms. The molecule has 1 saturated heterocycles. The highest BCUT2D eigenvalue weighted by Crippen LogP contribution is 2.17. The van der Waals surface area contributed by atoms with Gasteiger partial charge in [0.1, 0.15) is 0 Å². The third kappa shape index (κ3) is 2.75. The van der Waals surface area contributed by atoms with Gasteiger partial charge in [-0.2, -0.15) is 0 Å². The summed E-state index contributed by atoms with van der Waals surface area (Å²) in [6.07, 6.45) is 1.85. The topological polar surface area (TPSA) is 32.3 Å². The van der Waals surface area contributed by atoms with Crippen LogP contribution >= 0.6 is 0 Å². The molecule has 2 heterocycles. The fourth-order valence-electron chi connectivity index (χ4n) is 2.33. The second-order valence-electron chi connectivity index (χ2n) is 5.13. The van der Waals surface area contributed by atoms with Crippen molar-refractivity contribution in [1.82, 2.24) is 14.9 Å². The molecule has 1 aliphatic heterocycles. The van der Waals surface area contributed by atoms with Crippen LogP contribution < -0.4 is 4.90 Å². The summed E-state index contributed by atoms with van der Waals surface area (Å²) in [6, 6.07) is 3.05. The fraction of sp³-hybridized carbons (Fsp3) is 0.692. The average Bonchev–Trinajstić information content (AvgIpc) is 2.28. The van der Waals surface area contributed by atoms with Gasteiger partial charge in [-0.3, -0.25) is 4.90 Å². The molecule has 1 atom stereocenters. The van der Waals surface area contributed by atoms with Crippen LogP contribution in [0.1, 0.15) is 26.5 Å². The largest absolute Gasteiger partial charge is 0.336 e. The van der Waals surface area contributed by atoms with Crippen molar-refractivity contribution >= 4 is 5.95 Å². The monoisotopic (exact) mass is 234 g/mol. The van der Waals surface area contributed by atoms with Gasteiger partial charge in [0.25, 0.3) is 0 Å². The molecule has 0 amide bonds. The highest BCUT2D eigenvalue weighted by molar-refractivity contribution is 5.32. The Morgan fingerprint density at radius 2 is 2.12 bits per heavy atom. The molecule has 0 saturated carbocycles. The predicted molar refractivity (Wildman–Crippen MR) is 70.3 cm³/mol. The van der Waals surface area contributed by atoms with Crippen molar-refractivity contribution in [2.75, 3.05) is 24.5 Å². The van der Waals surface area contributed by atoms with Gasteiger partial charge < -0.3 is 4.90 Å². The van der Waals surface area contributed by atoms with Crippen LogP contribution in [0.4, 0.5) is 5.95 Å². The summed E-state index contributed by atoms with van der Waals surface area (Å²) in [7, 11) is 0. The lowest BCUT2D eigenvalue weighted by molar-refractivity contribution is 0.184. The van der Waals surface area contributed by atoms with E-state index >= 15 is 0 Å². The quantitative estimate of drug-likeness (QED) is 0.779. The van der Waals surface area contributed by atoms with Gasteiger partial charge in [-0.05, 0) is 33.8 Å². The number of nitrogens with zero attached hydrogens (tertiary/aromatic N) is 4. The van der Waals surface area contributed by atoms with Crippen molar-refractivity contribution in [3.8, 4) is 0 Å². The molecule has 1 aromatic rings. The number of rotatable bonds is 2. The number of anilines is 1. The summed E-state index contributed by atoms with van der Waals surface area (Å²) < 4.78 is 0. The van der Waals surface area contributed by atoms with Crippen LogP contribution in [0, 0.1) is 6.92 Å². The zero-order valence-corrected chi connectivity index (χ0v) is 11.2. The Morgan fingerprint density at radius 1 is 1.35 bits per heavy atom. The zero-order chi connectivity index (χ0) is 12.4. The van der Waals surface area contributed by atoms with Gasteiger partial charge in [0.15, 0.2) is 0 Å². The molecule has 0 N–H and O–H groups in total. The van der Waals surface area contributed by atoms with E-state index in [-0.39, 0.29) is 0 Å². The summed E-state index contributed by atoms with van der Waals surface area (Å²) in [4.78, 5) is 13.7. The highest BCUT2D eigenvalue weighted by atomic mass is 15.3. The molecule has 0 bridgehead atoms. The second kappa shape index (κ2) is 5.00. The van der Waals surface area contributed by atoms with Gasteiger partial charge in [0.05, 0.1) is 0 Å². The maximum atomic E-state index is 4.51. The van der Waals surface area contributed by atoms with E-state index in [4.69, 9.17) is 0 Å². The number of piperazine rings is 1. The van der Waals surface area contributed by atoms with E-state index in [0.717, 1.165) is 31.3 Å². The van der Waals surface area contributed by atoms with Gasteiger partial charge in [-0.15, -0.1) is 0 Å². The lowest BCUT2D eigenvalue weighted by atomic mass is 10.1. The molecule has 1 aromatic heterocycles. The van der Waals surface area contributed by atoms with Crippen LogP contribution in [0.2, 0.25) is 0 Å². The molecule has 0 aromatic carbocycles. The van der Waals surface area contributed by atoms with Crippen LogP contribution in [0.5, 0.6) is 0 Å². The smallest absolute Gasteiger partial charge is 0.225 e. The van der Waals surface area contributed by atoms with Crippen LogP contribution in [-0.4, -0.2) is 46.6 Å². The fourth-order valence-corrected chi connectivity index (χ4v) is 2.33. The van der Waals surface area contributed by atoms with Gasteiger partial charge in [0, 0.05) is 43.6 Å². The number of aryl methyl sites for hydroxylation is 1. The van der Waals surface area contributed by atoms with Crippen molar-refractivity contribution in [3.05, 3.63) is 18.0 Å². The van der Waals surface area contributed by atoms with Gasteiger partial charge in [0.2, 0.25) is 5.95 Å². The van der Waals surface area contributed by atoms with E-state index in [2.05, 4.69) is 40.5 Å². The number of hydrogen-bond acceptors (Lipinski definition) is 4.